The molecule has 3 aromatic carbocycles. The van der Waals surface area contributed by atoms with E-state index in [0.29, 0.717) is 0 Å². The van der Waals surface area contributed by atoms with Gasteiger partial charge in [0.2, 0.25) is 0 Å². The molecule has 0 aromatic heterocycles. The number of rotatable bonds is 5. The van der Waals surface area contributed by atoms with E-state index in [9.17, 15) is 26.4 Å². The van der Waals surface area contributed by atoms with Crippen molar-refractivity contribution in [2.24, 2.45) is 0 Å². The molecule has 0 aliphatic heterocycles. The minimum atomic E-state index is -4.15. The Morgan fingerprint density at radius 2 is 1.59 bits per heavy atom. The topological polar surface area (TPSA) is 66.5 Å². The van der Waals surface area contributed by atoms with Crippen molar-refractivity contribution in [3.63, 3.8) is 0 Å². The largest absolute Gasteiger partial charge is 0.322 e. The van der Waals surface area contributed by atoms with Crippen molar-refractivity contribution >= 4 is 27.3 Å². The lowest BCUT2D eigenvalue weighted by Gasteiger charge is -2.20. The Kier molecular flexibility index (Phi) is 5.60. The molecular weight excluding hydrogens is 405 g/mol. The predicted octanol–water partition coefficient (Wildman–Crippen LogP) is 4.18. The average molecular weight is 420 g/mol. The van der Waals surface area contributed by atoms with Gasteiger partial charge in [-0.3, -0.25) is 9.10 Å². The van der Waals surface area contributed by atoms with E-state index in [2.05, 4.69) is 5.32 Å². The number of carbonyl (C=O) groups is 1. The van der Waals surface area contributed by atoms with Gasteiger partial charge in [0, 0.05) is 24.4 Å². The zero-order valence-electron chi connectivity index (χ0n) is 15.1. The molecule has 0 aliphatic rings. The molecule has 0 radical (unpaired) electrons. The van der Waals surface area contributed by atoms with Gasteiger partial charge >= 0.3 is 0 Å². The number of nitrogens with one attached hydrogen (secondary N) is 1. The van der Waals surface area contributed by atoms with Crippen LogP contribution in [0.4, 0.5) is 24.5 Å². The number of halogens is 3. The highest BCUT2D eigenvalue weighted by Gasteiger charge is 2.24. The van der Waals surface area contributed by atoms with Gasteiger partial charge in [-0.05, 0) is 42.5 Å². The molecule has 0 saturated carbocycles. The van der Waals surface area contributed by atoms with Crippen LogP contribution in [0.3, 0.4) is 0 Å². The maximum Gasteiger partial charge on any atom is 0.264 e. The maximum absolute atomic E-state index is 14.0. The van der Waals surface area contributed by atoms with Crippen LogP contribution in [0.2, 0.25) is 0 Å². The lowest BCUT2D eigenvalue weighted by molar-refractivity contribution is 0.102. The lowest BCUT2D eigenvalue weighted by Crippen LogP contribution is -2.27. The third-order valence-corrected chi connectivity index (χ3v) is 5.89. The summed E-state index contributed by atoms with van der Waals surface area (Å²) < 4.78 is 66.7. The molecule has 0 bridgehead atoms. The first-order valence-corrected chi connectivity index (χ1v) is 9.74. The van der Waals surface area contributed by atoms with Crippen molar-refractivity contribution < 1.29 is 26.4 Å². The van der Waals surface area contributed by atoms with Gasteiger partial charge in [-0.15, -0.1) is 0 Å². The fourth-order valence-corrected chi connectivity index (χ4v) is 3.82. The number of carbonyl (C=O) groups excluding carboxylic acids is 1. The Balaban J connectivity index is 1.89. The summed E-state index contributed by atoms with van der Waals surface area (Å²) in [4.78, 5) is 12.2. The monoisotopic (exact) mass is 420 g/mol. The number of amides is 1. The molecule has 0 aliphatic carbocycles. The zero-order chi connectivity index (χ0) is 21.2. The van der Waals surface area contributed by atoms with Gasteiger partial charge in [0.15, 0.2) is 11.6 Å². The van der Waals surface area contributed by atoms with Crippen molar-refractivity contribution in [1.29, 1.82) is 0 Å². The van der Waals surface area contributed by atoms with E-state index in [4.69, 9.17) is 0 Å². The van der Waals surface area contributed by atoms with Crippen molar-refractivity contribution in [2.75, 3.05) is 16.7 Å². The van der Waals surface area contributed by atoms with Crippen LogP contribution in [0.15, 0.2) is 71.6 Å². The minimum absolute atomic E-state index is 0.00522. The second kappa shape index (κ2) is 7.96. The molecule has 0 spiro atoms. The summed E-state index contributed by atoms with van der Waals surface area (Å²) in [6.07, 6.45) is 0. The molecule has 0 atom stereocenters. The minimum Gasteiger partial charge on any atom is -0.322 e. The van der Waals surface area contributed by atoms with E-state index >= 15 is 0 Å². The number of para-hydroxylation sites is 1. The Hall–Kier alpha value is -3.33. The summed E-state index contributed by atoms with van der Waals surface area (Å²) in [5.41, 5.74) is -0.174. The standard InChI is InChI=1S/C20H15F3N2O3S/c1-25(19-8-3-2-7-17(19)22)29(27,28)15-6-4-5-13(11-15)20(26)24-14-9-10-16(21)18(23)12-14/h2-12H,1H3,(H,24,26). The zero-order valence-corrected chi connectivity index (χ0v) is 15.9. The number of sulfonamides is 1. The molecule has 0 saturated heterocycles. The highest BCUT2D eigenvalue weighted by Crippen LogP contribution is 2.25. The van der Waals surface area contributed by atoms with E-state index in [1.807, 2.05) is 0 Å². The molecule has 29 heavy (non-hydrogen) atoms. The van der Waals surface area contributed by atoms with Crippen molar-refractivity contribution in [2.45, 2.75) is 4.90 Å². The van der Waals surface area contributed by atoms with Gasteiger partial charge in [0.1, 0.15) is 5.82 Å². The molecule has 1 N–H and O–H groups in total. The summed E-state index contributed by atoms with van der Waals surface area (Å²) in [5.74, 6) is -3.63. The van der Waals surface area contributed by atoms with Crippen molar-refractivity contribution in [3.8, 4) is 0 Å². The number of hydrogen-bond donors (Lipinski definition) is 1. The van der Waals surface area contributed by atoms with Gasteiger partial charge in [0.05, 0.1) is 10.6 Å². The van der Waals surface area contributed by atoms with Crippen molar-refractivity contribution in [3.05, 3.63) is 89.7 Å². The summed E-state index contributed by atoms with van der Waals surface area (Å²) in [6, 6.07) is 13.3. The van der Waals surface area contributed by atoms with Gasteiger partial charge in [0.25, 0.3) is 15.9 Å². The van der Waals surface area contributed by atoms with Gasteiger partial charge in [-0.2, -0.15) is 0 Å². The first-order valence-electron chi connectivity index (χ1n) is 8.30. The third-order valence-electron chi connectivity index (χ3n) is 4.12. The quantitative estimate of drug-likeness (QED) is 0.673. The molecule has 3 aromatic rings. The van der Waals surface area contributed by atoms with E-state index in [1.54, 1.807) is 0 Å². The highest BCUT2D eigenvalue weighted by atomic mass is 32.2. The molecule has 1 amide bonds. The van der Waals surface area contributed by atoms with Crippen LogP contribution in [0.5, 0.6) is 0 Å². The van der Waals surface area contributed by atoms with Crippen LogP contribution < -0.4 is 9.62 Å². The Morgan fingerprint density at radius 1 is 0.862 bits per heavy atom. The van der Waals surface area contributed by atoms with Gasteiger partial charge in [-0.1, -0.05) is 18.2 Å². The summed E-state index contributed by atoms with van der Waals surface area (Å²) in [7, 11) is -2.96. The SMILES string of the molecule is CN(c1ccccc1F)S(=O)(=O)c1cccc(C(=O)Nc2ccc(F)c(F)c2)c1. The maximum atomic E-state index is 14.0. The summed E-state index contributed by atoms with van der Waals surface area (Å²) in [5, 5.41) is 2.36. The van der Waals surface area contributed by atoms with Crippen molar-refractivity contribution in [1.82, 2.24) is 0 Å². The van der Waals surface area contributed by atoms with Gasteiger partial charge in [-0.25, -0.2) is 21.6 Å². The predicted molar refractivity (Wildman–Crippen MR) is 103 cm³/mol. The number of nitrogens with zero attached hydrogens (tertiary/aromatic N) is 1. The normalized spacial score (nSPS) is 11.2. The van der Waals surface area contributed by atoms with Crippen LogP contribution in [0.1, 0.15) is 10.4 Å². The number of anilines is 2. The first-order chi connectivity index (χ1) is 13.7. The number of hydrogen-bond acceptors (Lipinski definition) is 3. The van der Waals surface area contributed by atoms with E-state index in [0.717, 1.165) is 28.6 Å². The van der Waals surface area contributed by atoms with E-state index < -0.39 is 33.4 Å². The second-order valence-corrected chi connectivity index (χ2v) is 8.00. The average Bonchev–Trinajstić information content (AvgIpc) is 2.70. The molecule has 5 nitrogen and oxygen atoms in total. The Morgan fingerprint density at radius 3 is 2.28 bits per heavy atom. The molecule has 0 fully saturated rings. The van der Waals surface area contributed by atoms with E-state index in [-0.39, 0.29) is 21.8 Å². The number of benzene rings is 3. The molecule has 3 rings (SSSR count). The third kappa shape index (κ3) is 4.24. The fraction of sp³-hybridized carbons (Fsp3) is 0.0500. The molecule has 9 heteroatoms. The fourth-order valence-electron chi connectivity index (χ4n) is 2.57. The highest BCUT2D eigenvalue weighted by molar-refractivity contribution is 7.92. The van der Waals surface area contributed by atoms with Crippen LogP contribution in [-0.4, -0.2) is 21.4 Å². The Bertz CT molecular complexity index is 1180. The molecule has 150 valence electrons. The summed E-state index contributed by atoms with van der Waals surface area (Å²) >= 11 is 0. The van der Waals surface area contributed by atoms with Crippen LogP contribution >= 0.6 is 0 Å². The second-order valence-electron chi connectivity index (χ2n) is 6.03. The van der Waals surface area contributed by atoms with Crippen LogP contribution in [0.25, 0.3) is 0 Å². The molecule has 0 unspecified atom stereocenters. The van der Waals surface area contributed by atoms with Gasteiger partial charge < -0.3 is 5.32 Å². The Labute approximate surface area is 165 Å². The molecular formula is C20H15F3N2O3S. The smallest absolute Gasteiger partial charge is 0.264 e. The lowest BCUT2D eigenvalue weighted by atomic mass is 10.2. The van der Waals surface area contributed by atoms with Crippen LogP contribution in [0, 0.1) is 17.5 Å². The summed E-state index contributed by atoms with van der Waals surface area (Å²) in [6.45, 7) is 0. The van der Waals surface area contributed by atoms with E-state index in [1.165, 1.54) is 49.5 Å². The first kappa shape index (κ1) is 20.4. The van der Waals surface area contributed by atoms with Crippen LogP contribution in [-0.2, 0) is 10.0 Å². The molecule has 0 heterocycles.